The summed E-state index contributed by atoms with van der Waals surface area (Å²) in [6.07, 6.45) is 0. The van der Waals surface area contributed by atoms with Crippen LogP contribution in [0.5, 0.6) is 5.75 Å². The van der Waals surface area contributed by atoms with Gasteiger partial charge in [0.1, 0.15) is 12.4 Å². The lowest BCUT2D eigenvalue weighted by Crippen LogP contribution is -2.24. The lowest BCUT2D eigenvalue weighted by molar-refractivity contribution is 0.298. The van der Waals surface area contributed by atoms with Gasteiger partial charge in [-0.3, -0.25) is 4.79 Å². The van der Waals surface area contributed by atoms with Crippen molar-refractivity contribution in [1.29, 1.82) is 0 Å². The summed E-state index contributed by atoms with van der Waals surface area (Å²) < 4.78 is 7.66. The highest BCUT2D eigenvalue weighted by molar-refractivity contribution is 5.86. The summed E-state index contributed by atoms with van der Waals surface area (Å²) in [5.74, 6) is 0.840. The Morgan fingerprint density at radius 1 is 0.917 bits per heavy atom. The zero-order valence-corrected chi connectivity index (χ0v) is 14.7. The van der Waals surface area contributed by atoms with Gasteiger partial charge in [-0.15, -0.1) is 0 Å². The number of benzene rings is 2. The van der Waals surface area contributed by atoms with E-state index in [0.717, 1.165) is 33.3 Å². The van der Waals surface area contributed by atoms with Gasteiger partial charge in [-0.2, -0.15) is 0 Å². The second-order valence-corrected chi connectivity index (χ2v) is 6.46. The maximum atomic E-state index is 12.5. The van der Waals surface area contributed by atoms with E-state index in [1.54, 1.807) is 6.07 Å². The van der Waals surface area contributed by atoms with E-state index < -0.39 is 0 Å². The molecule has 3 nitrogen and oxygen atoms in total. The van der Waals surface area contributed by atoms with Crippen molar-refractivity contribution in [2.24, 2.45) is 0 Å². The standard InChI is InChI=1S/C21H23NO2/c1-14-6-5-7-18(11-14)24-9-8-22-20(23)13-16(3)19-12-15(2)10-17(4)21(19)22/h5-7,10-13H,8-9H2,1-4H3. The minimum Gasteiger partial charge on any atom is -0.492 e. The molecular formula is C21H23NO2. The Morgan fingerprint density at radius 2 is 1.71 bits per heavy atom. The van der Waals surface area contributed by atoms with Crippen molar-refractivity contribution in [2.45, 2.75) is 34.2 Å². The first-order valence-corrected chi connectivity index (χ1v) is 8.26. The second-order valence-electron chi connectivity index (χ2n) is 6.46. The smallest absolute Gasteiger partial charge is 0.251 e. The monoisotopic (exact) mass is 321 g/mol. The molecule has 0 unspecified atom stereocenters. The SMILES string of the molecule is Cc1cccc(OCCn2c(=O)cc(C)c3cc(C)cc(C)c32)c1. The number of hydrogen-bond donors (Lipinski definition) is 0. The molecule has 0 N–H and O–H groups in total. The zero-order chi connectivity index (χ0) is 17.3. The number of fused-ring (bicyclic) bond motifs is 1. The highest BCUT2D eigenvalue weighted by Gasteiger charge is 2.10. The molecule has 0 aliphatic carbocycles. The second kappa shape index (κ2) is 6.52. The molecule has 24 heavy (non-hydrogen) atoms. The van der Waals surface area contributed by atoms with E-state index >= 15 is 0 Å². The average Bonchev–Trinajstić information content (AvgIpc) is 2.51. The van der Waals surface area contributed by atoms with Gasteiger partial charge in [-0.1, -0.05) is 23.8 Å². The molecule has 1 aromatic heterocycles. The van der Waals surface area contributed by atoms with Gasteiger partial charge in [0.15, 0.2) is 0 Å². The van der Waals surface area contributed by atoms with E-state index in [9.17, 15) is 4.79 Å². The third-order valence-corrected chi connectivity index (χ3v) is 4.32. The third kappa shape index (κ3) is 3.21. The summed E-state index contributed by atoms with van der Waals surface area (Å²) in [6.45, 7) is 9.18. The van der Waals surface area contributed by atoms with Crippen LogP contribution in [0.1, 0.15) is 22.3 Å². The fourth-order valence-electron chi connectivity index (χ4n) is 3.25. The number of aryl methyl sites for hydroxylation is 4. The van der Waals surface area contributed by atoms with Crippen molar-refractivity contribution in [3.05, 3.63) is 75.1 Å². The first kappa shape index (κ1) is 16.3. The van der Waals surface area contributed by atoms with Crippen LogP contribution in [0, 0.1) is 27.7 Å². The molecule has 0 atom stereocenters. The molecule has 0 saturated carbocycles. The summed E-state index contributed by atoms with van der Waals surface area (Å²) in [4.78, 5) is 12.5. The van der Waals surface area contributed by atoms with Crippen LogP contribution in [-0.2, 0) is 6.54 Å². The molecule has 0 bridgehead atoms. The average molecular weight is 321 g/mol. The van der Waals surface area contributed by atoms with Gasteiger partial charge in [0, 0.05) is 11.5 Å². The van der Waals surface area contributed by atoms with Crippen LogP contribution in [-0.4, -0.2) is 11.2 Å². The van der Waals surface area contributed by atoms with Gasteiger partial charge in [-0.05, 0) is 62.6 Å². The molecule has 124 valence electrons. The van der Waals surface area contributed by atoms with Crippen LogP contribution in [0.2, 0.25) is 0 Å². The number of ether oxygens (including phenoxy) is 1. The first-order chi connectivity index (χ1) is 11.5. The van der Waals surface area contributed by atoms with Crippen LogP contribution in [0.15, 0.2) is 47.3 Å². The molecule has 0 amide bonds. The van der Waals surface area contributed by atoms with Crippen molar-refractivity contribution < 1.29 is 4.74 Å². The summed E-state index contributed by atoms with van der Waals surface area (Å²) in [5.41, 5.74) is 5.57. The van der Waals surface area contributed by atoms with Gasteiger partial charge in [0.25, 0.3) is 5.56 Å². The minimum absolute atomic E-state index is 0.0276. The summed E-state index contributed by atoms with van der Waals surface area (Å²) in [7, 11) is 0. The van der Waals surface area contributed by atoms with Gasteiger partial charge in [-0.25, -0.2) is 0 Å². The Bertz CT molecular complexity index is 954. The number of hydrogen-bond acceptors (Lipinski definition) is 2. The highest BCUT2D eigenvalue weighted by Crippen LogP contribution is 2.22. The van der Waals surface area contributed by atoms with Gasteiger partial charge < -0.3 is 9.30 Å². The van der Waals surface area contributed by atoms with E-state index in [4.69, 9.17) is 4.74 Å². The fraction of sp³-hybridized carbons (Fsp3) is 0.286. The predicted octanol–water partition coefficient (Wildman–Crippen LogP) is 4.31. The maximum Gasteiger partial charge on any atom is 0.251 e. The van der Waals surface area contributed by atoms with Crippen LogP contribution >= 0.6 is 0 Å². The minimum atomic E-state index is 0.0276. The lowest BCUT2D eigenvalue weighted by atomic mass is 10.0. The summed E-state index contributed by atoms with van der Waals surface area (Å²) in [5, 5.41) is 1.14. The Balaban J connectivity index is 1.93. The summed E-state index contributed by atoms with van der Waals surface area (Å²) in [6, 6.07) is 14.0. The van der Waals surface area contributed by atoms with Gasteiger partial charge >= 0.3 is 0 Å². The van der Waals surface area contributed by atoms with E-state index in [0.29, 0.717) is 13.2 Å². The predicted molar refractivity (Wildman–Crippen MR) is 99.1 cm³/mol. The fourth-order valence-corrected chi connectivity index (χ4v) is 3.25. The Kier molecular flexibility index (Phi) is 4.43. The molecular weight excluding hydrogens is 298 g/mol. The van der Waals surface area contributed by atoms with Crippen molar-refractivity contribution >= 4 is 10.9 Å². The molecule has 0 aliphatic rings. The Morgan fingerprint density at radius 3 is 2.46 bits per heavy atom. The van der Waals surface area contributed by atoms with Crippen molar-refractivity contribution in [3.8, 4) is 5.75 Å². The molecule has 0 fully saturated rings. The molecule has 0 saturated heterocycles. The highest BCUT2D eigenvalue weighted by atomic mass is 16.5. The van der Waals surface area contributed by atoms with Crippen molar-refractivity contribution in [2.75, 3.05) is 6.61 Å². The molecule has 3 aromatic rings. The summed E-state index contributed by atoms with van der Waals surface area (Å²) >= 11 is 0. The van der Waals surface area contributed by atoms with Crippen LogP contribution in [0.4, 0.5) is 0 Å². The first-order valence-electron chi connectivity index (χ1n) is 8.26. The number of pyridine rings is 1. The van der Waals surface area contributed by atoms with Crippen molar-refractivity contribution in [1.82, 2.24) is 4.57 Å². The molecule has 3 rings (SSSR count). The largest absolute Gasteiger partial charge is 0.492 e. The number of rotatable bonds is 4. The quantitative estimate of drug-likeness (QED) is 0.717. The number of nitrogens with zero attached hydrogens (tertiary/aromatic N) is 1. The molecule has 1 heterocycles. The van der Waals surface area contributed by atoms with Crippen molar-refractivity contribution in [3.63, 3.8) is 0 Å². The Hall–Kier alpha value is -2.55. The topological polar surface area (TPSA) is 31.2 Å². The lowest BCUT2D eigenvalue weighted by Gasteiger charge is -2.15. The maximum absolute atomic E-state index is 12.5. The van der Waals surface area contributed by atoms with E-state index in [1.807, 2.05) is 42.7 Å². The van der Waals surface area contributed by atoms with Crippen LogP contribution in [0.25, 0.3) is 10.9 Å². The van der Waals surface area contributed by atoms with Gasteiger partial charge in [0.05, 0.1) is 12.1 Å². The molecule has 0 radical (unpaired) electrons. The normalized spacial score (nSPS) is 11.0. The molecule has 0 spiro atoms. The Labute approximate surface area is 142 Å². The number of aromatic nitrogens is 1. The van der Waals surface area contributed by atoms with Gasteiger partial charge in [0.2, 0.25) is 0 Å². The molecule has 3 heteroatoms. The van der Waals surface area contributed by atoms with E-state index in [-0.39, 0.29) is 5.56 Å². The van der Waals surface area contributed by atoms with Crippen LogP contribution in [0.3, 0.4) is 0 Å². The zero-order valence-electron chi connectivity index (χ0n) is 14.7. The molecule has 2 aromatic carbocycles. The third-order valence-electron chi connectivity index (χ3n) is 4.32. The van der Waals surface area contributed by atoms with E-state index in [1.165, 1.54) is 5.56 Å². The van der Waals surface area contributed by atoms with Crippen LogP contribution < -0.4 is 10.3 Å². The molecule has 0 aliphatic heterocycles. The van der Waals surface area contributed by atoms with E-state index in [2.05, 4.69) is 26.0 Å².